The van der Waals surface area contributed by atoms with Gasteiger partial charge in [0.05, 0.1) is 36.0 Å². The van der Waals surface area contributed by atoms with E-state index in [1.54, 1.807) is 31.4 Å². The van der Waals surface area contributed by atoms with Crippen molar-refractivity contribution in [2.24, 2.45) is 0 Å². The van der Waals surface area contributed by atoms with Crippen molar-refractivity contribution < 1.29 is 23.4 Å². The quantitative estimate of drug-likeness (QED) is 0.353. The molecule has 2 N–H and O–H groups in total. The molecule has 1 atom stereocenters. The van der Waals surface area contributed by atoms with Crippen LogP contribution in [-0.2, 0) is 14.3 Å². The van der Waals surface area contributed by atoms with Gasteiger partial charge < -0.3 is 29.7 Å². The summed E-state index contributed by atoms with van der Waals surface area (Å²) in [5, 5.41) is 6.69. The van der Waals surface area contributed by atoms with Crippen molar-refractivity contribution in [2.45, 2.75) is 12.5 Å². The lowest BCUT2D eigenvalue weighted by molar-refractivity contribution is -0.111. The molecular formula is C26H29ClFN5O4. The fourth-order valence-electron chi connectivity index (χ4n) is 3.73. The van der Waals surface area contributed by atoms with Crippen molar-refractivity contribution in [1.82, 2.24) is 14.9 Å². The Morgan fingerprint density at radius 1 is 1.32 bits per heavy atom. The molecule has 37 heavy (non-hydrogen) atoms. The highest BCUT2D eigenvalue weighted by Gasteiger charge is 2.21. The number of methoxy groups -OCH3 is 1. The van der Waals surface area contributed by atoms with Gasteiger partial charge in [0.2, 0.25) is 5.91 Å². The van der Waals surface area contributed by atoms with Gasteiger partial charge in [-0.3, -0.25) is 4.79 Å². The molecule has 2 heterocycles. The Morgan fingerprint density at radius 2 is 2.19 bits per heavy atom. The van der Waals surface area contributed by atoms with E-state index in [-0.39, 0.29) is 17.0 Å². The van der Waals surface area contributed by atoms with Crippen LogP contribution in [0.3, 0.4) is 0 Å². The SMILES string of the molecule is COCCN(C)CC=CC(=O)Nc1cc2c(Nc3ccc(F)c(Cl)c3)ncnc2cc1OC1CCOC1. The maximum Gasteiger partial charge on any atom is 0.248 e. The summed E-state index contributed by atoms with van der Waals surface area (Å²) in [6, 6.07) is 7.82. The van der Waals surface area contributed by atoms with Gasteiger partial charge in [0, 0.05) is 49.8 Å². The Balaban J connectivity index is 1.60. The number of aromatic nitrogens is 2. The first kappa shape index (κ1) is 26.7. The molecule has 0 bridgehead atoms. The van der Waals surface area contributed by atoms with Gasteiger partial charge in [0.15, 0.2) is 0 Å². The van der Waals surface area contributed by atoms with Crippen molar-refractivity contribution in [3.05, 3.63) is 59.7 Å². The summed E-state index contributed by atoms with van der Waals surface area (Å²) in [6.07, 6.45) is 5.31. The molecule has 0 radical (unpaired) electrons. The zero-order valence-corrected chi connectivity index (χ0v) is 21.4. The number of amides is 1. The van der Waals surface area contributed by atoms with E-state index in [0.717, 1.165) is 13.0 Å². The van der Waals surface area contributed by atoms with Crippen molar-refractivity contribution in [3.63, 3.8) is 0 Å². The fraction of sp³-hybridized carbons (Fsp3) is 0.346. The lowest BCUT2D eigenvalue weighted by Crippen LogP contribution is -2.23. The molecule has 11 heteroatoms. The number of rotatable bonds is 11. The van der Waals surface area contributed by atoms with Gasteiger partial charge in [-0.1, -0.05) is 17.7 Å². The molecule has 3 aromatic rings. The number of likely N-dealkylation sites (N-methyl/N-ethyl adjacent to an activating group) is 1. The van der Waals surface area contributed by atoms with E-state index in [0.29, 0.717) is 60.2 Å². The first-order chi connectivity index (χ1) is 17.9. The molecule has 1 unspecified atom stereocenters. The predicted octanol–water partition coefficient (Wildman–Crippen LogP) is 4.41. The minimum Gasteiger partial charge on any atom is -0.486 e. The van der Waals surface area contributed by atoms with Gasteiger partial charge in [0.25, 0.3) is 0 Å². The van der Waals surface area contributed by atoms with Gasteiger partial charge in [0.1, 0.15) is 29.8 Å². The largest absolute Gasteiger partial charge is 0.486 e. The van der Waals surface area contributed by atoms with Crippen LogP contribution in [0.2, 0.25) is 5.02 Å². The molecule has 9 nitrogen and oxygen atoms in total. The zero-order chi connectivity index (χ0) is 26.2. The molecule has 1 saturated heterocycles. The molecule has 196 valence electrons. The lowest BCUT2D eigenvalue weighted by Gasteiger charge is -2.18. The van der Waals surface area contributed by atoms with Crippen LogP contribution in [0.1, 0.15) is 6.42 Å². The topological polar surface area (TPSA) is 97.8 Å². The third kappa shape index (κ3) is 7.36. The average Bonchev–Trinajstić information content (AvgIpc) is 3.39. The molecule has 1 fully saturated rings. The number of hydrogen-bond donors (Lipinski definition) is 2. The third-order valence-corrected chi connectivity index (χ3v) is 6.01. The number of carbonyl (C=O) groups excluding carboxylic acids is 1. The van der Waals surface area contributed by atoms with Gasteiger partial charge in [-0.25, -0.2) is 14.4 Å². The number of halogens is 2. The van der Waals surface area contributed by atoms with Crippen LogP contribution in [-0.4, -0.2) is 73.9 Å². The van der Waals surface area contributed by atoms with Gasteiger partial charge >= 0.3 is 0 Å². The minimum absolute atomic E-state index is 0.00886. The van der Waals surface area contributed by atoms with Gasteiger partial charge in [-0.15, -0.1) is 0 Å². The van der Waals surface area contributed by atoms with Crippen molar-refractivity contribution >= 4 is 45.6 Å². The Bertz CT molecular complexity index is 1270. The molecule has 1 aliphatic rings. The standard InChI is InChI=1S/C26H29ClFN5O4/c1-33(9-11-35-2)8-3-4-25(34)32-23-13-19-22(14-24(23)37-18-7-10-36-15-18)29-16-30-26(19)31-17-5-6-21(28)20(27)12-17/h3-6,12-14,16,18H,7-11,15H2,1-2H3,(H,32,34)(H,29,30,31). The van der Waals surface area contributed by atoms with E-state index < -0.39 is 5.82 Å². The van der Waals surface area contributed by atoms with Crippen LogP contribution in [0.25, 0.3) is 10.9 Å². The Kier molecular flexibility index (Phi) is 9.24. The molecule has 4 rings (SSSR count). The highest BCUT2D eigenvalue weighted by Crippen LogP contribution is 2.35. The fourth-order valence-corrected chi connectivity index (χ4v) is 3.91. The smallest absolute Gasteiger partial charge is 0.248 e. The summed E-state index contributed by atoms with van der Waals surface area (Å²) in [5.41, 5.74) is 1.63. The second-order valence-corrected chi connectivity index (χ2v) is 9.00. The molecule has 2 aromatic carbocycles. The van der Waals surface area contributed by atoms with E-state index in [9.17, 15) is 9.18 Å². The Labute approximate surface area is 219 Å². The van der Waals surface area contributed by atoms with E-state index >= 15 is 0 Å². The predicted molar refractivity (Wildman–Crippen MR) is 141 cm³/mol. The number of fused-ring (bicyclic) bond motifs is 1. The highest BCUT2D eigenvalue weighted by molar-refractivity contribution is 6.31. The van der Waals surface area contributed by atoms with Crippen LogP contribution in [0.5, 0.6) is 5.75 Å². The lowest BCUT2D eigenvalue weighted by atomic mass is 10.1. The van der Waals surface area contributed by atoms with Gasteiger partial charge in [-0.05, 0) is 31.3 Å². The second-order valence-electron chi connectivity index (χ2n) is 8.59. The number of hydrogen-bond acceptors (Lipinski definition) is 8. The number of nitrogens with zero attached hydrogens (tertiary/aromatic N) is 3. The molecule has 1 aliphatic heterocycles. The minimum atomic E-state index is -0.514. The van der Waals surface area contributed by atoms with Crippen molar-refractivity contribution in [2.75, 3.05) is 57.7 Å². The molecule has 1 aromatic heterocycles. The molecule has 0 saturated carbocycles. The summed E-state index contributed by atoms with van der Waals surface area (Å²) in [5.74, 6) is 0.134. The van der Waals surface area contributed by atoms with E-state index in [1.807, 2.05) is 11.9 Å². The summed E-state index contributed by atoms with van der Waals surface area (Å²) in [6.45, 7) is 3.06. The summed E-state index contributed by atoms with van der Waals surface area (Å²) in [7, 11) is 3.60. The highest BCUT2D eigenvalue weighted by atomic mass is 35.5. The maximum absolute atomic E-state index is 13.6. The first-order valence-corrected chi connectivity index (χ1v) is 12.2. The normalized spacial score (nSPS) is 15.5. The van der Waals surface area contributed by atoms with E-state index in [4.69, 9.17) is 25.8 Å². The number of ether oxygens (including phenoxy) is 3. The van der Waals surface area contributed by atoms with Crippen LogP contribution in [0.4, 0.5) is 21.6 Å². The van der Waals surface area contributed by atoms with Crippen LogP contribution >= 0.6 is 11.6 Å². The monoisotopic (exact) mass is 529 g/mol. The Hall–Kier alpha value is -3.31. The summed E-state index contributed by atoms with van der Waals surface area (Å²) in [4.78, 5) is 23.5. The summed E-state index contributed by atoms with van der Waals surface area (Å²) >= 11 is 5.93. The van der Waals surface area contributed by atoms with Crippen molar-refractivity contribution in [1.29, 1.82) is 0 Å². The number of anilines is 3. The molecule has 1 amide bonds. The molecule has 0 spiro atoms. The first-order valence-electron chi connectivity index (χ1n) is 11.8. The average molecular weight is 530 g/mol. The number of carbonyl (C=O) groups is 1. The Morgan fingerprint density at radius 3 is 2.95 bits per heavy atom. The number of nitrogens with one attached hydrogen (secondary N) is 2. The number of benzene rings is 2. The third-order valence-electron chi connectivity index (χ3n) is 5.72. The maximum atomic E-state index is 13.6. The second kappa shape index (κ2) is 12.8. The van der Waals surface area contributed by atoms with Crippen LogP contribution < -0.4 is 15.4 Å². The van der Waals surface area contributed by atoms with Gasteiger partial charge in [-0.2, -0.15) is 0 Å². The zero-order valence-electron chi connectivity index (χ0n) is 20.7. The van der Waals surface area contributed by atoms with Crippen LogP contribution in [0, 0.1) is 5.82 Å². The van der Waals surface area contributed by atoms with Crippen LogP contribution in [0.15, 0.2) is 48.8 Å². The molecular weight excluding hydrogens is 501 g/mol. The van der Waals surface area contributed by atoms with E-state index in [1.165, 1.54) is 24.5 Å². The van der Waals surface area contributed by atoms with E-state index in [2.05, 4.69) is 20.6 Å². The molecule has 0 aliphatic carbocycles. The van der Waals surface area contributed by atoms with Crippen molar-refractivity contribution in [3.8, 4) is 5.75 Å². The summed E-state index contributed by atoms with van der Waals surface area (Å²) < 4.78 is 30.3.